The minimum absolute atomic E-state index is 0.00834. The summed E-state index contributed by atoms with van der Waals surface area (Å²) in [7, 11) is 0. The molecule has 5 heteroatoms. The monoisotopic (exact) mass is 208 g/mol. The highest BCUT2D eigenvalue weighted by Gasteiger charge is 2.18. The van der Waals surface area contributed by atoms with Gasteiger partial charge in [0.25, 0.3) is 5.69 Å². The van der Waals surface area contributed by atoms with E-state index in [1.165, 1.54) is 37.6 Å². The van der Waals surface area contributed by atoms with Crippen molar-refractivity contribution in [1.82, 2.24) is 4.98 Å². The molecule has 0 aliphatic heterocycles. The predicted molar refractivity (Wildman–Crippen MR) is 53.7 cm³/mol. The first-order valence-electron chi connectivity index (χ1n) is 4.99. The van der Waals surface area contributed by atoms with Crippen LogP contribution in [0.15, 0.2) is 18.3 Å². The summed E-state index contributed by atoms with van der Waals surface area (Å²) in [4.78, 5) is 13.8. The molecule has 1 aromatic rings. The van der Waals surface area contributed by atoms with Crippen LogP contribution in [0.5, 0.6) is 5.88 Å². The van der Waals surface area contributed by atoms with Crippen molar-refractivity contribution in [3.63, 3.8) is 0 Å². The molecule has 2 rings (SSSR count). The maximum atomic E-state index is 10.4. The lowest BCUT2D eigenvalue weighted by Gasteiger charge is -2.24. The van der Waals surface area contributed by atoms with Gasteiger partial charge in [-0.15, -0.1) is 0 Å². The summed E-state index contributed by atoms with van der Waals surface area (Å²) in [6, 6.07) is 2.94. The highest BCUT2D eigenvalue weighted by molar-refractivity contribution is 5.28. The number of ether oxygens (including phenoxy) is 1. The molecule has 0 radical (unpaired) electrons. The molecule has 1 aromatic heterocycles. The summed E-state index contributed by atoms with van der Waals surface area (Å²) in [6.45, 7) is 0.671. The van der Waals surface area contributed by atoms with Crippen molar-refractivity contribution in [3.8, 4) is 5.88 Å². The molecule has 5 nitrogen and oxygen atoms in total. The summed E-state index contributed by atoms with van der Waals surface area (Å²) >= 11 is 0. The Balaban J connectivity index is 1.88. The van der Waals surface area contributed by atoms with E-state index in [2.05, 4.69) is 4.98 Å². The summed E-state index contributed by atoms with van der Waals surface area (Å²) in [5, 5.41) is 10.4. The highest BCUT2D eigenvalue weighted by atomic mass is 16.6. The van der Waals surface area contributed by atoms with Crippen molar-refractivity contribution in [1.29, 1.82) is 0 Å². The Labute approximate surface area is 87.2 Å². The molecule has 0 N–H and O–H groups in total. The van der Waals surface area contributed by atoms with Crippen LogP contribution < -0.4 is 4.74 Å². The lowest BCUT2D eigenvalue weighted by atomic mass is 9.86. The Hall–Kier alpha value is -1.65. The smallest absolute Gasteiger partial charge is 0.287 e. The zero-order valence-electron chi connectivity index (χ0n) is 8.26. The molecule has 0 bridgehead atoms. The molecular formula is C10H12N2O3. The van der Waals surface area contributed by atoms with Crippen LogP contribution in [0.25, 0.3) is 0 Å². The topological polar surface area (TPSA) is 65.3 Å². The average Bonchev–Trinajstić information content (AvgIpc) is 2.16. The van der Waals surface area contributed by atoms with Gasteiger partial charge in [-0.25, -0.2) is 4.98 Å². The van der Waals surface area contributed by atoms with Crippen LogP contribution in [-0.2, 0) is 0 Å². The quantitative estimate of drug-likeness (QED) is 0.561. The van der Waals surface area contributed by atoms with Crippen molar-refractivity contribution < 1.29 is 9.66 Å². The Morgan fingerprint density at radius 2 is 2.33 bits per heavy atom. The van der Waals surface area contributed by atoms with Crippen molar-refractivity contribution >= 4 is 5.69 Å². The van der Waals surface area contributed by atoms with Crippen LogP contribution in [-0.4, -0.2) is 16.5 Å². The van der Waals surface area contributed by atoms with E-state index < -0.39 is 4.92 Å². The molecule has 0 aromatic carbocycles. The molecule has 1 heterocycles. The van der Waals surface area contributed by atoms with Gasteiger partial charge in [-0.1, -0.05) is 6.42 Å². The molecule has 0 spiro atoms. The molecule has 80 valence electrons. The zero-order chi connectivity index (χ0) is 10.7. The molecule has 1 aliphatic rings. The molecule has 0 unspecified atom stereocenters. The van der Waals surface area contributed by atoms with Crippen molar-refractivity contribution in [3.05, 3.63) is 28.4 Å². The van der Waals surface area contributed by atoms with Gasteiger partial charge in [-0.2, -0.15) is 0 Å². The number of aromatic nitrogens is 1. The normalized spacial score (nSPS) is 15.7. The van der Waals surface area contributed by atoms with Crippen LogP contribution >= 0.6 is 0 Å². The second kappa shape index (κ2) is 4.25. The first kappa shape index (κ1) is 9.89. The second-order valence-electron chi connectivity index (χ2n) is 3.72. The van der Waals surface area contributed by atoms with E-state index in [-0.39, 0.29) is 5.69 Å². The lowest BCUT2D eigenvalue weighted by Crippen LogP contribution is -2.19. The van der Waals surface area contributed by atoms with E-state index >= 15 is 0 Å². The average molecular weight is 208 g/mol. The van der Waals surface area contributed by atoms with Gasteiger partial charge in [0, 0.05) is 12.1 Å². The van der Waals surface area contributed by atoms with Crippen molar-refractivity contribution in [2.75, 3.05) is 6.61 Å². The van der Waals surface area contributed by atoms with Gasteiger partial charge >= 0.3 is 0 Å². The second-order valence-corrected chi connectivity index (χ2v) is 3.72. The van der Waals surface area contributed by atoms with Gasteiger partial charge in [0.1, 0.15) is 6.20 Å². The van der Waals surface area contributed by atoms with E-state index in [9.17, 15) is 10.1 Å². The Morgan fingerprint density at radius 1 is 1.53 bits per heavy atom. The Morgan fingerprint density at radius 3 is 2.80 bits per heavy atom. The van der Waals surface area contributed by atoms with Crippen molar-refractivity contribution in [2.24, 2.45) is 5.92 Å². The van der Waals surface area contributed by atoms with Crippen LogP contribution in [0.3, 0.4) is 0 Å². The molecule has 1 saturated carbocycles. The number of hydrogen-bond donors (Lipinski definition) is 0. The first-order valence-corrected chi connectivity index (χ1v) is 4.99. The van der Waals surface area contributed by atoms with E-state index in [4.69, 9.17) is 4.74 Å². The minimum atomic E-state index is -0.470. The van der Waals surface area contributed by atoms with E-state index in [1.54, 1.807) is 0 Å². The van der Waals surface area contributed by atoms with Gasteiger partial charge in [0.15, 0.2) is 0 Å². The third-order valence-electron chi connectivity index (χ3n) is 2.62. The molecule has 1 aliphatic carbocycles. The first-order chi connectivity index (χ1) is 7.25. The molecule has 1 fully saturated rings. The summed E-state index contributed by atoms with van der Waals surface area (Å²) in [6.07, 6.45) is 4.93. The number of nitrogens with zero attached hydrogens (tertiary/aromatic N) is 2. The van der Waals surface area contributed by atoms with E-state index in [1.807, 2.05) is 0 Å². The van der Waals surface area contributed by atoms with Crippen LogP contribution in [0.2, 0.25) is 0 Å². The minimum Gasteiger partial charge on any atom is -0.477 e. The van der Waals surface area contributed by atoms with E-state index in [0.29, 0.717) is 18.4 Å². The van der Waals surface area contributed by atoms with Crippen molar-refractivity contribution in [2.45, 2.75) is 19.3 Å². The molecule has 0 atom stereocenters. The molecular weight excluding hydrogens is 196 g/mol. The number of nitro groups is 1. The lowest BCUT2D eigenvalue weighted by molar-refractivity contribution is -0.385. The summed E-state index contributed by atoms with van der Waals surface area (Å²) in [5.74, 6) is 1.11. The fraction of sp³-hybridized carbons (Fsp3) is 0.500. The fourth-order valence-electron chi connectivity index (χ4n) is 1.43. The van der Waals surface area contributed by atoms with Gasteiger partial charge in [-0.05, 0) is 18.8 Å². The molecule has 0 saturated heterocycles. The van der Waals surface area contributed by atoms with Gasteiger partial charge in [-0.3, -0.25) is 10.1 Å². The zero-order valence-corrected chi connectivity index (χ0v) is 8.26. The Kier molecular flexibility index (Phi) is 2.80. The van der Waals surface area contributed by atoms with Gasteiger partial charge < -0.3 is 4.74 Å². The SMILES string of the molecule is O=[N+]([O-])c1ccc(OCC2CCC2)nc1. The standard InChI is InChI=1S/C10H12N2O3/c13-12(14)9-4-5-10(11-6-9)15-7-8-2-1-3-8/h4-6,8H,1-3,7H2. The third kappa shape index (κ3) is 2.43. The number of hydrogen-bond acceptors (Lipinski definition) is 4. The molecule has 0 amide bonds. The van der Waals surface area contributed by atoms with Crippen LogP contribution in [0, 0.1) is 16.0 Å². The summed E-state index contributed by atoms with van der Waals surface area (Å²) in [5.41, 5.74) is -0.00834. The maximum absolute atomic E-state index is 10.4. The maximum Gasteiger partial charge on any atom is 0.287 e. The van der Waals surface area contributed by atoms with Gasteiger partial charge in [0.2, 0.25) is 5.88 Å². The van der Waals surface area contributed by atoms with E-state index in [0.717, 1.165) is 0 Å². The predicted octanol–water partition coefficient (Wildman–Crippen LogP) is 2.17. The summed E-state index contributed by atoms with van der Waals surface area (Å²) < 4.78 is 5.41. The van der Waals surface area contributed by atoms with Gasteiger partial charge in [0.05, 0.1) is 11.5 Å². The third-order valence-corrected chi connectivity index (χ3v) is 2.62. The highest BCUT2D eigenvalue weighted by Crippen LogP contribution is 2.26. The number of rotatable bonds is 4. The fourth-order valence-corrected chi connectivity index (χ4v) is 1.43. The molecule has 15 heavy (non-hydrogen) atoms. The van der Waals surface area contributed by atoms with Crippen LogP contribution in [0.4, 0.5) is 5.69 Å². The largest absolute Gasteiger partial charge is 0.477 e. The Bertz CT molecular complexity index is 346. The number of pyridine rings is 1. The van der Waals surface area contributed by atoms with Crippen LogP contribution in [0.1, 0.15) is 19.3 Å².